The summed E-state index contributed by atoms with van der Waals surface area (Å²) in [6.07, 6.45) is 3.41. The SMILES string of the molecule is Cc1ccccc1/C(=C/C(=N)c1ccccn1)NCc1ccccc1F. The standard InChI is InChI=1S/C22H20FN3/c1-16-8-2-4-10-18(16)22(14-20(24)21-12-6-7-13-25-21)26-15-17-9-3-5-11-19(17)23/h2-14,24,26H,15H2,1H3/b22-14-,24-20?. The van der Waals surface area contributed by atoms with Gasteiger partial charge >= 0.3 is 0 Å². The van der Waals surface area contributed by atoms with Crippen molar-refractivity contribution in [3.63, 3.8) is 0 Å². The maximum Gasteiger partial charge on any atom is 0.128 e. The van der Waals surface area contributed by atoms with Crippen LogP contribution < -0.4 is 5.32 Å². The number of pyridine rings is 1. The van der Waals surface area contributed by atoms with Crippen LogP contribution in [0.1, 0.15) is 22.4 Å². The van der Waals surface area contributed by atoms with Crippen LogP contribution in [-0.2, 0) is 6.54 Å². The first-order valence-electron chi connectivity index (χ1n) is 8.40. The molecular weight excluding hydrogens is 325 g/mol. The van der Waals surface area contributed by atoms with Gasteiger partial charge in [-0.15, -0.1) is 0 Å². The van der Waals surface area contributed by atoms with Crippen molar-refractivity contribution in [1.29, 1.82) is 5.41 Å². The van der Waals surface area contributed by atoms with Crippen LogP contribution >= 0.6 is 0 Å². The maximum absolute atomic E-state index is 13.9. The van der Waals surface area contributed by atoms with E-state index >= 15 is 0 Å². The first kappa shape index (κ1) is 17.5. The summed E-state index contributed by atoms with van der Waals surface area (Å²) >= 11 is 0. The van der Waals surface area contributed by atoms with Gasteiger partial charge in [-0.2, -0.15) is 0 Å². The molecule has 1 aromatic heterocycles. The predicted octanol–water partition coefficient (Wildman–Crippen LogP) is 4.73. The molecule has 130 valence electrons. The Morgan fingerprint density at radius 2 is 1.77 bits per heavy atom. The van der Waals surface area contributed by atoms with E-state index in [4.69, 9.17) is 5.41 Å². The van der Waals surface area contributed by atoms with Crippen molar-refractivity contribution in [1.82, 2.24) is 10.3 Å². The van der Waals surface area contributed by atoms with Crippen molar-refractivity contribution in [3.8, 4) is 0 Å². The van der Waals surface area contributed by atoms with Crippen molar-refractivity contribution >= 4 is 11.4 Å². The Labute approximate surface area is 152 Å². The van der Waals surface area contributed by atoms with Crippen molar-refractivity contribution in [2.45, 2.75) is 13.5 Å². The normalized spacial score (nSPS) is 11.2. The average molecular weight is 345 g/mol. The van der Waals surface area contributed by atoms with E-state index < -0.39 is 0 Å². The molecule has 3 nitrogen and oxygen atoms in total. The Hall–Kier alpha value is -3.27. The van der Waals surface area contributed by atoms with Crippen LogP contribution in [0.15, 0.2) is 79.0 Å². The van der Waals surface area contributed by atoms with E-state index in [9.17, 15) is 4.39 Å². The third-order valence-corrected chi connectivity index (χ3v) is 4.09. The molecule has 0 atom stereocenters. The van der Waals surface area contributed by atoms with Crippen LogP contribution in [0.25, 0.3) is 5.70 Å². The fourth-order valence-electron chi connectivity index (χ4n) is 2.67. The van der Waals surface area contributed by atoms with Gasteiger partial charge in [-0.1, -0.05) is 48.5 Å². The van der Waals surface area contributed by atoms with Crippen LogP contribution in [0.4, 0.5) is 4.39 Å². The molecule has 0 aliphatic heterocycles. The van der Waals surface area contributed by atoms with Crippen LogP contribution in [0.2, 0.25) is 0 Å². The number of nitrogens with zero attached hydrogens (tertiary/aromatic N) is 1. The Bertz CT molecular complexity index is 933. The minimum Gasteiger partial charge on any atom is -0.380 e. The number of hydrogen-bond acceptors (Lipinski definition) is 3. The van der Waals surface area contributed by atoms with Gasteiger partial charge in [0.05, 0.1) is 11.4 Å². The van der Waals surface area contributed by atoms with Gasteiger partial charge in [0, 0.05) is 29.6 Å². The van der Waals surface area contributed by atoms with Gasteiger partial charge in [0.25, 0.3) is 0 Å². The van der Waals surface area contributed by atoms with E-state index in [1.165, 1.54) is 6.07 Å². The van der Waals surface area contributed by atoms with Crippen molar-refractivity contribution < 1.29 is 4.39 Å². The summed E-state index contributed by atoms with van der Waals surface area (Å²) in [5, 5.41) is 11.6. The molecule has 0 fully saturated rings. The number of halogens is 1. The summed E-state index contributed by atoms with van der Waals surface area (Å²) in [5.41, 5.74) is 4.28. The first-order chi connectivity index (χ1) is 12.6. The molecule has 1 heterocycles. The fourth-order valence-corrected chi connectivity index (χ4v) is 2.67. The molecule has 3 rings (SSSR count). The molecular formula is C22H20FN3. The lowest BCUT2D eigenvalue weighted by Gasteiger charge is -2.15. The van der Waals surface area contributed by atoms with Crippen LogP contribution in [0.3, 0.4) is 0 Å². The minimum absolute atomic E-state index is 0.246. The van der Waals surface area contributed by atoms with E-state index in [2.05, 4.69) is 10.3 Å². The highest BCUT2D eigenvalue weighted by molar-refractivity contribution is 6.09. The average Bonchev–Trinajstić information content (AvgIpc) is 2.67. The Kier molecular flexibility index (Phi) is 5.54. The van der Waals surface area contributed by atoms with Gasteiger partial charge in [0.1, 0.15) is 5.82 Å². The largest absolute Gasteiger partial charge is 0.380 e. The van der Waals surface area contributed by atoms with E-state index in [-0.39, 0.29) is 5.82 Å². The van der Waals surface area contributed by atoms with Gasteiger partial charge in [0.2, 0.25) is 0 Å². The summed E-state index contributed by atoms with van der Waals surface area (Å²) in [4.78, 5) is 4.22. The Morgan fingerprint density at radius 1 is 1.04 bits per heavy atom. The highest BCUT2D eigenvalue weighted by atomic mass is 19.1. The zero-order valence-corrected chi connectivity index (χ0v) is 14.5. The molecule has 0 amide bonds. The Morgan fingerprint density at radius 3 is 2.50 bits per heavy atom. The summed E-state index contributed by atoms with van der Waals surface area (Å²) < 4.78 is 13.9. The topological polar surface area (TPSA) is 48.8 Å². The molecule has 0 unspecified atom stereocenters. The van der Waals surface area contributed by atoms with Crippen LogP contribution in [0, 0.1) is 18.2 Å². The van der Waals surface area contributed by atoms with Crippen molar-refractivity contribution in [2.24, 2.45) is 0 Å². The van der Waals surface area contributed by atoms with Crippen LogP contribution in [-0.4, -0.2) is 10.7 Å². The molecule has 26 heavy (non-hydrogen) atoms. The lowest BCUT2D eigenvalue weighted by molar-refractivity contribution is 0.605. The smallest absolute Gasteiger partial charge is 0.128 e. The summed E-state index contributed by atoms with van der Waals surface area (Å²) in [7, 11) is 0. The second-order valence-electron chi connectivity index (χ2n) is 5.95. The van der Waals surface area contributed by atoms with E-state index in [0.29, 0.717) is 23.5 Å². The predicted molar refractivity (Wildman–Crippen MR) is 103 cm³/mol. The van der Waals surface area contributed by atoms with Crippen LogP contribution in [0.5, 0.6) is 0 Å². The summed E-state index contributed by atoms with van der Waals surface area (Å²) in [5.74, 6) is -0.246. The van der Waals surface area contributed by atoms with Gasteiger partial charge in [-0.25, -0.2) is 4.39 Å². The van der Waals surface area contributed by atoms with Gasteiger partial charge < -0.3 is 5.32 Å². The first-order valence-corrected chi connectivity index (χ1v) is 8.40. The molecule has 2 N–H and O–H groups in total. The zero-order chi connectivity index (χ0) is 18.4. The highest BCUT2D eigenvalue weighted by Gasteiger charge is 2.09. The van der Waals surface area contributed by atoms with E-state index in [1.807, 2.05) is 49.4 Å². The molecule has 0 aliphatic rings. The number of benzene rings is 2. The Balaban J connectivity index is 1.92. The molecule has 0 saturated carbocycles. The van der Waals surface area contributed by atoms with Gasteiger partial charge in [0.15, 0.2) is 0 Å². The zero-order valence-electron chi connectivity index (χ0n) is 14.5. The van der Waals surface area contributed by atoms with Crippen molar-refractivity contribution in [3.05, 3.63) is 107 Å². The molecule has 4 heteroatoms. The monoisotopic (exact) mass is 345 g/mol. The number of allylic oxidation sites excluding steroid dienone is 1. The second-order valence-corrected chi connectivity index (χ2v) is 5.95. The van der Waals surface area contributed by atoms with E-state index in [0.717, 1.165) is 16.8 Å². The molecule has 0 aliphatic carbocycles. The molecule has 0 spiro atoms. The molecule has 0 bridgehead atoms. The number of aryl methyl sites for hydroxylation is 1. The molecule has 0 saturated heterocycles. The van der Waals surface area contributed by atoms with Crippen molar-refractivity contribution in [2.75, 3.05) is 0 Å². The number of rotatable bonds is 6. The number of hydrogen-bond donors (Lipinski definition) is 2. The number of nitrogens with one attached hydrogen (secondary N) is 2. The van der Waals surface area contributed by atoms with E-state index in [1.54, 1.807) is 30.5 Å². The summed E-state index contributed by atoms with van der Waals surface area (Å²) in [6, 6.07) is 20.1. The molecule has 0 radical (unpaired) electrons. The summed E-state index contributed by atoms with van der Waals surface area (Å²) in [6.45, 7) is 2.35. The molecule has 2 aromatic carbocycles. The lowest BCUT2D eigenvalue weighted by atomic mass is 10.0. The van der Waals surface area contributed by atoms with Gasteiger partial charge in [-0.05, 0) is 36.8 Å². The quantitative estimate of drug-likeness (QED) is 0.635. The third-order valence-electron chi connectivity index (χ3n) is 4.09. The lowest BCUT2D eigenvalue weighted by Crippen LogP contribution is -2.15. The van der Waals surface area contributed by atoms with Gasteiger partial charge in [-0.3, -0.25) is 10.4 Å². The second kappa shape index (κ2) is 8.21. The molecule has 3 aromatic rings. The fraction of sp³-hybridized carbons (Fsp3) is 0.0909. The number of aromatic nitrogens is 1. The minimum atomic E-state index is -0.246. The third kappa shape index (κ3) is 4.22. The maximum atomic E-state index is 13.9. The highest BCUT2D eigenvalue weighted by Crippen LogP contribution is 2.18.